The molecule has 0 unspecified atom stereocenters. The molecule has 7 heteroatoms. The molecular weight excluding hydrogens is 457 g/mol. The van der Waals surface area contributed by atoms with Gasteiger partial charge >= 0.3 is 0 Å². The van der Waals surface area contributed by atoms with Crippen LogP contribution >= 0.6 is 23.2 Å². The lowest BCUT2D eigenvalue weighted by molar-refractivity contribution is 0.000465. The van der Waals surface area contributed by atoms with E-state index in [1.165, 1.54) is 0 Å². The van der Waals surface area contributed by atoms with E-state index in [1.54, 1.807) is 24.4 Å². The predicted octanol–water partition coefficient (Wildman–Crippen LogP) is 5.76. The van der Waals surface area contributed by atoms with Crippen molar-refractivity contribution in [3.63, 3.8) is 0 Å². The highest BCUT2D eigenvalue weighted by Gasteiger charge is 2.66. The molecule has 2 N–H and O–H groups in total. The number of fused-ring (bicyclic) bond motifs is 2. The fourth-order valence-electron chi connectivity index (χ4n) is 5.86. The smallest absolute Gasteiger partial charge is 0.271 e. The lowest BCUT2D eigenvalue weighted by Gasteiger charge is -2.37. The van der Waals surface area contributed by atoms with Gasteiger partial charge in [0.05, 0.1) is 17.2 Å². The van der Waals surface area contributed by atoms with Gasteiger partial charge in [0, 0.05) is 27.9 Å². The van der Waals surface area contributed by atoms with E-state index in [1.807, 2.05) is 34.9 Å². The second-order valence-electron chi connectivity index (χ2n) is 10.0. The van der Waals surface area contributed by atoms with Gasteiger partial charge in [-0.1, -0.05) is 56.1 Å². The molecule has 5 rings (SSSR count). The van der Waals surface area contributed by atoms with Crippen molar-refractivity contribution in [3.05, 3.63) is 70.5 Å². The van der Waals surface area contributed by atoms with Crippen LogP contribution in [-0.4, -0.2) is 32.7 Å². The third kappa shape index (κ3) is 3.40. The molecule has 1 heterocycles. The Morgan fingerprint density at radius 2 is 1.82 bits per heavy atom. The van der Waals surface area contributed by atoms with Crippen molar-refractivity contribution in [3.8, 4) is 17.1 Å². The number of carbonyl (C=O) groups excluding carboxylic acids is 1. The summed E-state index contributed by atoms with van der Waals surface area (Å²) in [5.41, 5.74) is 1.56. The molecule has 1 aromatic heterocycles. The maximum atomic E-state index is 13.4. The number of aromatic nitrogens is 2. The Kier molecular flexibility index (Phi) is 5.35. The molecule has 172 valence electrons. The number of carbonyl (C=O) groups is 1. The van der Waals surface area contributed by atoms with Crippen LogP contribution in [0.3, 0.4) is 0 Å². The highest BCUT2D eigenvalue weighted by Crippen LogP contribution is 2.65. The quantitative estimate of drug-likeness (QED) is 0.495. The number of nitrogens with zero attached hydrogens (tertiary/aromatic N) is 2. The van der Waals surface area contributed by atoms with E-state index in [0.717, 1.165) is 24.1 Å². The van der Waals surface area contributed by atoms with Gasteiger partial charge in [-0.05, 0) is 60.6 Å². The zero-order valence-electron chi connectivity index (χ0n) is 18.8. The van der Waals surface area contributed by atoms with Crippen LogP contribution in [0.4, 0.5) is 0 Å². The topological polar surface area (TPSA) is 67.2 Å². The van der Waals surface area contributed by atoms with Crippen molar-refractivity contribution < 1.29 is 9.90 Å². The molecule has 0 spiro atoms. The van der Waals surface area contributed by atoms with Crippen LogP contribution in [0, 0.1) is 16.7 Å². The summed E-state index contributed by atoms with van der Waals surface area (Å²) in [5.74, 6) is 0.490. The van der Waals surface area contributed by atoms with Gasteiger partial charge in [-0.25, -0.2) is 4.98 Å². The zero-order chi connectivity index (χ0) is 23.5. The molecule has 2 aliphatic rings. The normalized spacial score (nSPS) is 27.6. The van der Waals surface area contributed by atoms with E-state index >= 15 is 0 Å². The van der Waals surface area contributed by atoms with Gasteiger partial charge in [0.1, 0.15) is 11.5 Å². The highest BCUT2D eigenvalue weighted by atomic mass is 35.5. The number of amides is 1. The van der Waals surface area contributed by atoms with Gasteiger partial charge in [-0.3, -0.25) is 9.36 Å². The number of imidazole rings is 1. The first kappa shape index (κ1) is 22.5. The molecule has 0 saturated heterocycles. The first-order chi connectivity index (χ1) is 15.6. The molecule has 4 atom stereocenters. The number of hydrogen-bond donors (Lipinski definition) is 2. The number of benzene rings is 2. The van der Waals surface area contributed by atoms with Gasteiger partial charge in [-0.15, -0.1) is 0 Å². The predicted molar refractivity (Wildman–Crippen MR) is 131 cm³/mol. The van der Waals surface area contributed by atoms with E-state index in [2.05, 4.69) is 31.1 Å². The molecule has 0 aliphatic heterocycles. The molecule has 33 heavy (non-hydrogen) atoms. The van der Waals surface area contributed by atoms with E-state index in [9.17, 15) is 9.90 Å². The third-order valence-corrected chi connectivity index (χ3v) is 8.84. The Balaban J connectivity index is 1.52. The minimum absolute atomic E-state index is 0.0459. The number of halogens is 2. The van der Waals surface area contributed by atoms with Crippen molar-refractivity contribution >= 4 is 29.1 Å². The number of rotatable bonds is 4. The second-order valence-corrected chi connectivity index (χ2v) is 10.8. The number of hydrogen-bond acceptors (Lipinski definition) is 3. The van der Waals surface area contributed by atoms with E-state index in [0.29, 0.717) is 15.9 Å². The van der Waals surface area contributed by atoms with E-state index < -0.39 is 6.10 Å². The van der Waals surface area contributed by atoms with Gasteiger partial charge in [0.15, 0.2) is 0 Å². The molecule has 2 saturated carbocycles. The molecule has 3 aromatic rings. The monoisotopic (exact) mass is 483 g/mol. The van der Waals surface area contributed by atoms with Crippen LogP contribution in [0.2, 0.25) is 10.0 Å². The van der Waals surface area contributed by atoms with Crippen molar-refractivity contribution in [1.29, 1.82) is 0 Å². The minimum Gasteiger partial charge on any atom is -0.390 e. The molecule has 1 amide bonds. The van der Waals surface area contributed by atoms with Crippen molar-refractivity contribution in [2.45, 2.75) is 45.8 Å². The van der Waals surface area contributed by atoms with Gasteiger partial charge < -0.3 is 10.4 Å². The number of aliphatic hydroxyl groups is 1. The second kappa shape index (κ2) is 7.86. The number of aliphatic hydroxyl groups excluding tert-OH is 1. The summed E-state index contributed by atoms with van der Waals surface area (Å²) in [4.78, 5) is 18.0. The highest BCUT2D eigenvalue weighted by molar-refractivity contribution is 6.33. The molecule has 2 bridgehead atoms. The van der Waals surface area contributed by atoms with Gasteiger partial charge in [0.2, 0.25) is 0 Å². The first-order valence-electron chi connectivity index (χ1n) is 11.2. The maximum Gasteiger partial charge on any atom is 0.271 e. The summed E-state index contributed by atoms with van der Waals surface area (Å²) >= 11 is 12.5. The van der Waals surface area contributed by atoms with Gasteiger partial charge in [-0.2, -0.15) is 0 Å². The summed E-state index contributed by atoms with van der Waals surface area (Å²) in [6.07, 6.45) is 3.09. The zero-order valence-corrected chi connectivity index (χ0v) is 20.4. The molecular formula is C26H27Cl2N3O2. The minimum atomic E-state index is -0.586. The molecule has 0 radical (unpaired) electrons. The Hall–Kier alpha value is -2.34. The fourth-order valence-corrected chi connectivity index (χ4v) is 6.21. The summed E-state index contributed by atoms with van der Waals surface area (Å²) in [6, 6.07) is 14.4. The van der Waals surface area contributed by atoms with E-state index in [4.69, 9.17) is 23.2 Å². The Morgan fingerprint density at radius 1 is 1.12 bits per heavy atom. The van der Waals surface area contributed by atoms with Gasteiger partial charge in [0.25, 0.3) is 5.91 Å². The average molecular weight is 484 g/mol. The molecule has 2 aliphatic carbocycles. The maximum absolute atomic E-state index is 13.4. The average Bonchev–Trinajstić information content (AvgIpc) is 3.36. The molecule has 5 nitrogen and oxygen atoms in total. The Bertz CT molecular complexity index is 1220. The lowest BCUT2D eigenvalue weighted by atomic mass is 9.70. The molecule has 2 aromatic carbocycles. The van der Waals surface area contributed by atoms with Crippen LogP contribution in [-0.2, 0) is 0 Å². The van der Waals surface area contributed by atoms with E-state index in [-0.39, 0.29) is 34.4 Å². The molecule has 2 fully saturated rings. The Morgan fingerprint density at radius 3 is 2.45 bits per heavy atom. The summed E-state index contributed by atoms with van der Waals surface area (Å²) in [5, 5.41) is 15.4. The summed E-state index contributed by atoms with van der Waals surface area (Å²) < 4.78 is 1.84. The van der Waals surface area contributed by atoms with Crippen molar-refractivity contribution in [1.82, 2.24) is 14.9 Å². The van der Waals surface area contributed by atoms with Crippen LogP contribution < -0.4 is 5.32 Å². The largest absolute Gasteiger partial charge is 0.390 e. The van der Waals surface area contributed by atoms with Crippen LogP contribution in [0.5, 0.6) is 0 Å². The first-order valence-corrected chi connectivity index (χ1v) is 12.0. The fraction of sp³-hybridized carbons (Fsp3) is 0.385. The van der Waals surface area contributed by atoms with Crippen molar-refractivity contribution in [2.75, 3.05) is 0 Å². The standard InChI is InChI=1S/C26H27Cl2N3O2/c1-25(2)18-12-13-26(25,3)22(32)21(18)30-24(33)20-14-31(16-10-8-15(27)9-11-16)23(29-20)17-6-4-5-7-19(17)28/h4-11,14,18,21-22,32H,12-13H2,1-3H3,(H,30,33)/t18-,21+,22-,26-/m0/s1. The summed E-state index contributed by atoms with van der Waals surface area (Å²) in [6.45, 7) is 6.53. The van der Waals surface area contributed by atoms with Crippen molar-refractivity contribution in [2.24, 2.45) is 16.7 Å². The Labute approximate surface area is 203 Å². The number of nitrogens with one attached hydrogen (secondary N) is 1. The van der Waals surface area contributed by atoms with Crippen LogP contribution in [0.1, 0.15) is 44.1 Å². The third-order valence-electron chi connectivity index (χ3n) is 8.26. The van der Waals surface area contributed by atoms with Crippen LogP contribution in [0.25, 0.3) is 17.1 Å². The SMILES string of the molecule is CC1(C)[C@H]2CC[C@@]1(C)[C@@H](O)[C@@H]2NC(=O)c1cn(-c2ccc(Cl)cc2)c(-c2ccccc2Cl)n1. The van der Waals surface area contributed by atoms with Crippen LogP contribution in [0.15, 0.2) is 54.7 Å². The summed E-state index contributed by atoms with van der Waals surface area (Å²) in [7, 11) is 0. The lowest BCUT2D eigenvalue weighted by Crippen LogP contribution is -2.49.